The lowest BCUT2D eigenvalue weighted by atomic mass is 10.0. The Morgan fingerprint density at radius 1 is 1.38 bits per heavy atom. The van der Waals surface area contributed by atoms with Crippen molar-refractivity contribution in [1.29, 1.82) is 0 Å². The highest BCUT2D eigenvalue weighted by molar-refractivity contribution is 9.10. The number of methoxy groups -OCH3 is 2. The van der Waals surface area contributed by atoms with Gasteiger partial charge in [-0.15, -0.1) is 0 Å². The van der Waals surface area contributed by atoms with E-state index in [4.69, 9.17) is 15.2 Å². The molecule has 0 bridgehead atoms. The SMILES string of the molecule is COc1c(Br)cc(C(=O)CN)c(OC)c1C. The molecule has 5 heteroatoms. The van der Waals surface area contributed by atoms with Gasteiger partial charge in [0, 0.05) is 5.56 Å². The van der Waals surface area contributed by atoms with Crippen LogP contribution in [0.2, 0.25) is 0 Å². The summed E-state index contributed by atoms with van der Waals surface area (Å²) in [6, 6.07) is 1.67. The van der Waals surface area contributed by atoms with Gasteiger partial charge in [-0.3, -0.25) is 4.79 Å². The van der Waals surface area contributed by atoms with Crippen molar-refractivity contribution in [3.63, 3.8) is 0 Å². The number of carbonyl (C=O) groups is 1. The molecular weight excluding hydrogens is 274 g/mol. The number of ether oxygens (including phenoxy) is 2. The average molecular weight is 288 g/mol. The van der Waals surface area contributed by atoms with Gasteiger partial charge in [0.25, 0.3) is 0 Å². The minimum atomic E-state index is -0.164. The number of nitrogens with two attached hydrogens (primary N) is 1. The highest BCUT2D eigenvalue weighted by atomic mass is 79.9. The van der Waals surface area contributed by atoms with E-state index >= 15 is 0 Å². The summed E-state index contributed by atoms with van der Waals surface area (Å²) in [7, 11) is 3.08. The van der Waals surface area contributed by atoms with Crippen LogP contribution in [0.1, 0.15) is 15.9 Å². The second kappa shape index (κ2) is 5.32. The quantitative estimate of drug-likeness (QED) is 0.860. The van der Waals surface area contributed by atoms with Crippen LogP contribution in [0.15, 0.2) is 10.5 Å². The standard InChI is InChI=1S/C11H14BrNO3/c1-6-10(15-2)7(9(14)5-13)4-8(12)11(6)16-3/h4H,5,13H2,1-3H3. The fraction of sp³-hybridized carbons (Fsp3) is 0.364. The largest absolute Gasteiger partial charge is 0.496 e. The Morgan fingerprint density at radius 3 is 2.38 bits per heavy atom. The third-order valence-electron chi connectivity index (χ3n) is 2.31. The molecule has 88 valence electrons. The van der Waals surface area contributed by atoms with Gasteiger partial charge in [0.15, 0.2) is 5.78 Å². The molecule has 0 atom stereocenters. The maximum absolute atomic E-state index is 11.6. The molecule has 0 aliphatic rings. The average Bonchev–Trinajstić information content (AvgIpc) is 2.28. The molecular formula is C11H14BrNO3. The summed E-state index contributed by atoms with van der Waals surface area (Å²) >= 11 is 3.35. The van der Waals surface area contributed by atoms with Crippen molar-refractivity contribution in [1.82, 2.24) is 0 Å². The highest BCUT2D eigenvalue weighted by Crippen LogP contribution is 2.38. The molecule has 0 unspecified atom stereocenters. The fourth-order valence-corrected chi connectivity index (χ4v) is 2.26. The van der Waals surface area contributed by atoms with Gasteiger partial charge in [-0.2, -0.15) is 0 Å². The molecule has 0 fully saturated rings. The summed E-state index contributed by atoms with van der Waals surface area (Å²) in [6.45, 7) is 1.78. The second-order valence-corrected chi connectivity index (χ2v) is 4.08. The first kappa shape index (κ1) is 13.0. The summed E-state index contributed by atoms with van der Waals surface area (Å²) in [4.78, 5) is 11.6. The van der Waals surface area contributed by atoms with Gasteiger partial charge in [0.1, 0.15) is 11.5 Å². The van der Waals surface area contributed by atoms with Gasteiger partial charge >= 0.3 is 0 Å². The maximum Gasteiger partial charge on any atom is 0.180 e. The molecule has 4 nitrogen and oxygen atoms in total. The molecule has 0 aromatic heterocycles. The van der Waals surface area contributed by atoms with Crippen molar-refractivity contribution < 1.29 is 14.3 Å². The summed E-state index contributed by atoms with van der Waals surface area (Å²) < 4.78 is 11.1. The zero-order chi connectivity index (χ0) is 12.3. The topological polar surface area (TPSA) is 61.5 Å². The lowest BCUT2D eigenvalue weighted by molar-refractivity contribution is 0.0998. The third-order valence-corrected chi connectivity index (χ3v) is 2.90. The lowest BCUT2D eigenvalue weighted by Crippen LogP contribution is -2.15. The van der Waals surface area contributed by atoms with Crippen LogP contribution < -0.4 is 15.2 Å². The van der Waals surface area contributed by atoms with E-state index < -0.39 is 0 Å². The first-order valence-electron chi connectivity index (χ1n) is 4.71. The van der Waals surface area contributed by atoms with Gasteiger partial charge < -0.3 is 15.2 Å². The number of rotatable bonds is 4. The molecule has 1 rings (SSSR count). The van der Waals surface area contributed by atoms with Crippen LogP contribution in [0.25, 0.3) is 0 Å². The minimum absolute atomic E-state index is 0.0471. The number of benzene rings is 1. The zero-order valence-corrected chi connectivity index (χ0v) is 11.1. The monoisotopic (exact) mass is 287 g/mol. The normalized spacial score (nSPS) is 10.1. The van der Waals surface area contributed by atoms with Gasteiger partial charge in [-0.25, -0.2) is 0 Å². The second-order valence-electron chi connectivity index (χ2n) is 3.22. The number of ketones is 1. The van der Waals surface area contributed by atoms with Crippen LogP contribution in [0.3, 0.4) is 0 Å². The highest BCUT2D eigenvalue weighted by Gasteiger charge is 2.19. The van der Waals surface area contributed by atoms with E-state index in [9.17, 15) is 4.79 Å². The molecule has 0 heterocycles. The minimum Gasteiger partial charge on any atom is -0.496 e. The Labute approximate surface area is 103 Å². The summed E-state index contributed by atoms with van der Waals surface area (Å²) in [5.41, 5.74) is 6.59. The summed E-state index contributed by atoms with van der Waals surface area (Å²) in [6.07, 6.45) is 0. The number of carbonyl (C=O) groups excluding carboxylic acids is 1. The molecule has 0 saturated carbocycles. The molecule has 0 aliphatic heterocycles. The van der Waals surface area contributed by atoms with Crippen LogP contribution in [0, 0.1) is 6.92 Å². The molecule has 0 amide bonds. The van der Waals surface area contributed by atoms with Gasteiger partial charge in [0.05, 0.1) is 30.8 Å². The number of hydrogen-bond donors (Lipinski definition) is 1. The van der Waals surface area contributed by atoms with Crippen LogP contribution >= 0.6 is 15.9 Å². The number of hydrogen-bond acceptors (Lipinski definition) is 4. The Bertz CT molecular complexity index is 418. The Kier molecular flexibility index (Phi) is 4.32. The molecule has 1 aromatic carbocycles. The van der Waals surface area contributed by atoms with E-state index in [-0.39, 0.29) is 12.3 Å². The van der Waals surface area contributed by atoms with Crippen LogP contribution in [-0.4, -0.2) is 26.5 Å². The summed E-state index contributed by atoms with van der Waals surface area (Å²) in [5, 5.41) is 0. The van der Waals surface area contributed by atoms with Gasteiger partial charge in [-0.05, 0) is 28.9 Å². The maximum atomic E-state index is 11.6. The predicted molar refractivity (Wildman–Crippen MR) is 65.4 cm³/mol. The van der Waals surface area contributed by atoms with E-state index in [2.05, 4.69) is 15.9 Å². The third kappa shape index (κ3) is 2.20. The predicted octanol–water partition coefficient (Wildman–Crippen LogP) is 1.92. The van der Waals surface area contributed by atoms with Crippen molar-refractivity contribution in [2.45, 2.75) is 6.92 Å². The first-order valence-corrected chi connectivity index (χ1v) is 5.50. The van der Waals surface area contributed by atoms with Crippen molar-refractivity contribution >= 4 is 21.7 Å². The van der Waals surface area contributed by atoms with E-state index in [0.717, 1.165) is 5.56 Å². The Balaban J connectivity index is 3.46. The van der Waals surface area contributed by atoms with Gasteiger partial charge in [-0.1, -0.05) is 0 Å². The van der Waals surface area contributed by atoms with Gasteiger partial charge in [0.2, 0.25) is 0 Å². The molecule has 2 N–H and O–H groups in total. The number of Topliss-reactive ketones (excluding diaryl/α,β-unsaturated/α-hetero) is 1. The molecule has 1 aromatic rings. The lowest BCUT2D eigenvalue weighted by Gasteiger charge is -2.15. The molecule has 0 aliphatic carbocycles. The van der Waals surface area contributed by atoms with Crippen LogP contribution in [0.5, 0.6) is 11.5 Å². The molecule has 0 saturated heterocycles. The van der Waals surface area contributed by atoms with Crippen LogP contribution in [0.4, 0.5) is 0 Å². The van der Waals surface area contributed by atoms with E-state index in [1.807, 2.05) is 6.92 Å². The van der Waals surface area contributed by atoms with Crippen LogP contribution in [-0.2, 0) is 0 Å². The molecule has 0 spiro atoms. The van der Waals surface area contributed by atoms with Crippen molar-refractivity contribution in [2.75, 3.05) is 20.8 Å². The van der Waals surface area contributed by atoms with E-state index in [1.54, 1.807) is 13.2 Å². The Morgan fingerprint density at radius 2 is 1.94 bits per heavy atom. The molecule has 16 heavy (non-hydrogen) atoms. The Hall–Kier alpha value is -1.07. The smallest absolute Gasteiger partial charge is 0.180 e. The van der Waals surface area contributed by atoms with Crippen molar-refractivity contribution in [3.05, 3.63) is 21.7 Å². The van der Waals surface area contributed by atoms with Crippen molar-refractivity contribution in [2.24, 2.45) is 5.73 Å². The summed E-state index contributed by atoms with van der Waals surface area (Å²) in [5.74, 6) is 1.00. The van der Waals surface area contributed by atoms with E-state index in [1.165, 1.54) is 7.11 Å². The van der Waals surface area contributed by atoms with Crippen molar-refractivity contribution in [3.8, 4) is 11.5 Å². The first-order chi connectivity index (χ1) is 7.56. The molecule has 0 radical (unpaired) electrons. The fourth-order valence-electron chi connectivity index (χ4n) is 1.57. The zero-order valence-electron chi connectivity index (χ0n) is 9.46. The van der Waals surface area contributed by atoms with E-state index in [0.29, 0.717) is 21.5 Å². The number of halogens is 1.